The van der Waals surface area contributed by atoms with E-state index < -0.39 is 0 Å². The fraction of sp³-hybridized carbons (Fsp3) is 0.233. The van der Waals surface area contributed by atoms with E-state index in [1.165, 1.54) is 27.6 Å². The SMILES string of the molecule is Cc1ccc(-c2cc(C(C)C)ccn2)c2oc3cc(C(C)(C)c4ccccc4)ccc3c12. The Morgan fingerprint density at radius 2 is 1.62 bits per heavy atom. The normalized spacial score (nSPS) is 12.2. The maximum Gasteiger partial charge on any atom is 0.145 e. The van der Waals surface area contributed by atoms with Crippen LogP contribution < -0.4 is 0 Å². The third-order valence-electron chi connectivity index (χ3n) is 6.77. The molecular weight excluding hydrogens is 390 g/mol. The average molecular weight is 420 g/mol. The van der Waals surface area contributed by atoms with Crippen LogP contribution in [0.4, 0.5) is 0 Å². The van der Waals surface area contributed by atoms with E-state index >= 15 is 0 Å². The summed E-state index contributed by atoms with van der Waals surface area (Å²) >= 11 is 0. The summed E-state index contributed by atoms with van der Waals surface area (Å²) in [4.78, 5) is 4.68. The molecule has 5 aromatic rings. The molecule has 0 radical (unpaired) electrons. The number of furan rings is 1. The lowest BCUT2D eigenvalue weighted by atomic mass is 9.78. The van der Waals surface area contributed by atoms with Gasteiger partial charge < -0.3 is 4.42 Å². The highest BCUT2D eigenvalue weighted by molar-refractivity contribution is 6.11. The predicted molar refractivity (Wildman–Crippen MR) is 134 cm³/mol. The molecule has 0 saturated carbocycles. The lowest BCUT2D eigenvalue weighted by Gasteiger charge is -2.26. The van der Waals surface area contributed by atoms with E-state index in [4.69, 9.17) is 4.42 Å². The summed E-state index contributed by atoms with van der Waals surface area (Å²) < 4.78 is 6.55. The number of hydrogen-bond acceptors (Lipinski definition) is 2. The van der Waals surface area contributed by atoms with Crippen LogP contribution >= 0.6 is 0 Å². The predicted octanol–water partition coefficient (Wildman–Crippen LogP) is 8.41. The first kappa shape index (κ1) is 20.5. The Bertz CT molecular complexity index is 1420. The Morgan fingerprint density at radius 1 is 0.844 bits per heavy atom. The van der Waals surface area contributed by atoms with E-state index in [0.717, 1.165) is 27.8 Å². The van der Waals surface area contributed by atoms with Crippen molar-refractivity contribution >= 4 is 21.9 Å². The van der Waals surface area contributed by atoms with Crippen molar-refractivity contribution in [3.05, 3.63) is 101 Å². The lowest BCUT2D eigenvalue weighted by molar-refractivity contribution is 0.633. The summed E-state index contributed by atoms with van der Waals surface area (Å²) in [7, 11) is 0. The second kappa shape index (κ2) is 7.63. The van der Waals surface area contributed by atoms with Gasteiger partial charge in [-0.05, 0) is 59.4 Å². The second-order valence-corrected chi connectivity index (χ2v) is 9.57. The zero-order chi connectivity index (χ0) is 22.5. The highest BCUT2D eigenvalue weighted by Gasteiger charge is 2.24. The molecule has 0 saturated heterocycles. The van der Waals surface area contributed by atoms with Gasteiger partial charge in [-0.1, -0.05) is 76.2 Å². The molecule has 0 unspecified atom stereocenters. The van der Waals surface area contributed by atoms with Crippen molar-refractivity contribution in [2.75, 3.05) is 0 Å². The van der Waals surface area contributed by atoms with Crippen molar-refractivity contribution in [3.8, 4) is 11.3 Å². The summed E-state index contributed by atoms with van der Waals surface area (Å²) in [5, 5.41) is 2.34. The number of pyridine rings is 1. The van der Waals surface area contributed by atoms with Gasteiger partial charge >= 0.3 is 0 Å². The van der Waals surface area contributed by atoms with Crippen LogP contribution in [0.5, 0.6) is 0 Å². The van der Waals surface area contributed by atoms with E-state index in [2.05, 4.69) is 112 Å². The van der Waals surface area contributed by atoms with Crippen molar-refractivity contribution in [1.29, 1.82) is 0 Å². The molecule has 5 rings (SSSR count). The molecule has 160 valence electrons. The first-order chi connectivity index (χ1) is 15.4. The molecule has 0 aliphatic heterocycles. The fourth-order valence-electron chi connectivity index (χ4n) is 4.61. The van der Waals surface area contributed by atoms with E-state index in [0.29, 0.717) is 5.92 Å². The largest absolute Gasteiger partial charge is 0.455 e. The Morgan fingerprint density at radius 3 is 2.38 bits per heavy atom. The van der Waals surface area contributed by atoms with Crippen LogP contribution in [-0.4, -0.2) is 4.98 Å². The summed E-state index contributed by atoms with van der Waals surface area (Å²) in [6.07, 6.45) is 1.90. The molecule has 0 aliphatic carbocycles. The molecule has 0 atom stereocenters. The Balaban J connectivity index is 1.71. The maximum absolute atomic E-state index is 6.55. The molecule has 0 N–H and O–H groups in total. The van der Waals surface area contributed by atoms with Crippen molar-refractivity contribution in [3.63, 3.8) is 0 Å². The van der Waals surface area contributed by atoms with E-state index in [1.54, 1.807) is 0 Å². The van der Waals surface area contributed by atoms with Crippen molar-refractivity contribution < 1.29 is 4.42 Å². The van der Waals surface area contributed by atoms with Gasteiger partial charge in [-0.15, -0.1) is 0 Å². The molecule has 2 nitrogen and oxygen atoms in total. The van der Waals surface area contributed by atoms with Gasteiger partial charge in [0, 0.05) is 27.9 Å². The third kappa shape index (κ3) is 3.31. The number of rotatable bonds is 4. The standard InChI is InChI=1S/C30H29NO/c1-19(2)21-15-16-31-26(17-21)24-13-11-20(3)28-25-14-12-23(18-27(25)32-29(24)28)30(4,5)22-9-7-6-8-10-22/h6-19H,1-5H3. The molecule has 2 heterocycles. The summed E-state index contributed by atoms with van der Waals surface area (Å²) in [5.41, 5.74) is 8.79. The van der Waals surface area contributed by atoms with Crippen LogP contribution in [0.2, 0.25) is 0 Å². The Kier molecular flexibility index (Phi) is 4.89. The number of hydrogen-bond donors (Lipinski definition) is 0. The molecule has 0 aliphatic rings. The van der Waals surface area contributed by atoms with E-state index in [-0.39, 0.29) is 5.41 Å². The van der Waals surface area contributed by atoms with Gasteiger partial charge in [0.15, 0.2) is 0 Å². The van der Waals surface area contributed by atoms with Crippen molar-refractivity contribution in [2.45, 2.75) is 46.0 Å². The Labute approximate surface area is 189 Å². The van der Waals surface area contributed by atoms with Gasteiger partial charge in [-0.2, -0.15) is 0 Å². The molecule has 2 heteroatoms. The molecule has 0 bridgehead atoms. The van der Waals surface area contributed by atoms with Gasteiger partial charge in [0.25, 0.3) is 0 Å². The van der Waals surface area contributed by atoms with Crippen molar-refractivity contribution in [1.82, 2.24) is 4.98 Å². The monoisotopic (exact) mass is 419 g/mol. The van der Waals surface area contributed by atoms with E-state index in [9.17, 15) is 0 Å². The number of benzene rings is 3. The minimum absolute atomic E-state index is 0.112. The molecule has 0 spiro atoms. The van der Waals surface area contributed by atoms with Gasteiger partial charge in [0.2, 0.25) is 0 Å². The van der Waals surface area contributed by atoms with Crippen molar-refractivity contribution in [2.24, 2.45) is 0 Å². The number of fused-ring (bicyclic) bond motifs is 3. The maximum atomic E-state index is 6.55. The zero-order valence-corrected chi connectivity index (χ0v) is 19.4. The van der Waals surface area contributed by atoms with E-state index in [1.807, 2.05) is 6.20 Å². The van der Waals surface area contributed by atoms with Crippen LogP contribution in [0.1, 0.15) is 55.9 Å². The Hall–Kier alpha value is -3.39. The lowest BCUT2D eigenvalue weighted by Crippen LogP contribution is -2.18. The zero-order valence-electron chi connectivity index (χ0n) is 19.4. The fourth-order valence-corrected chi connectivity index (χ4v) is 4.61. The molecule has 32 heavy (non-hydrogen) atoms. The second-order valence-electron chi connectivity index (χ2n) is 9.57. The smallest absolute Gasteiger partial charge is 0.145 e. The minimum atomic E-state index is -0.112. The number of aromatic nitrogens is 1. The van der Waals surface area contributed by atoms with Crippen LogP contribution in [0.3, 0.4) is 0 Å². The average Bonchev–Trinajstić information content (AvgIpc) is 3.19. The van der Waals surface area contributed by atoms with Crippen LogP contribution in [0.15, 0.2) is 83.4 Å². The quantitative estimate of drug-likeness (QED) is 0.292. The van der Waals surface area contributed by atoms with Crippen LogP contribution in [0.25, 0.3) is 33.2 Å². The molecule has 0 amide bonds. The number of aryl methyl sites for hydroxylation is 1. The summed E-state index contributed by atoms with van der Waals surface area (Å²) in [5.74, 6) is 0.455. The highest BCUT2D eigenvalue weighted by atomic mass is 16.3. The van der Waals surface area contributed by atoms with Crippen LogP contribution in [0, 0.1) is 6.92 Å². The highest BCUT2D eigenvalue weighted by Crippen LogP contribution is 2.40. The summed E-state index contributed by atoms with van der Waals surface area (Å²) in [6.45, 7) is 11.1. The third-order valence-corrected chi connectivity index (χ3v) is 6.77. The first-order valence-electron chi connectivity index (χ1n) is 11.3. The molecule has 2 aromatic heterocycles. The molecule has 3 aromatic carbocycles. The van der Waals surface area contributed by atoms with Gasteiger partial charge in [0.1, 0.15) is 11.2 Å². The number of nitrogens with zero attached hydrogens (tertiary/aromatic N) is 1. The van der Waals surface area contributed by atoms with Gasteiger partial charge in [-0.3, -0.25) is 4.98 Å². The first-order valence-corrected chi connectivity index (χ1v) is 11.3. The molecular formula is C30H29NO. The molecule has 0 fully saturated rings. The van der Waals surface area contributed by atoms with Crippen LogP contribution in [-0.2, 0) is 5.41 Å². The van der Waals surface area contributed by atoms with Gasteiger partial charge in [-0.25, -0.2) is 0 Å². The minimum Gasteiger partial charge on any atom is -0.455 e. The topological polar surface area (TPSA) is 26.0 Å². The summed E-state index contributed by atoms with van der Waals surface area (Å²) in [6, 6.07) is 25.9. The van der Waals surface area contributed by atoms with Gasteiger partial charge in [0.05, 0.1) is 5.69 Å².